The monoisotopic (exact) mass is 364 g/mol. The van der Waals surface area contributed by atoms with E-state index in [-0.39, 0.29) is 17.1 Å². The minimum Gasteiger partial charge on any atom is -0.494 e. The van der Waals surface area contributed by atoms with Crippen LogP contribution < -0.4 is 9.04 Å². The van der Waals surface area contributed by atoms with Gasteiger partial charge in [0.05, 0.1) is 22.1 Å². The maximum Gasteiger partial charge on any atom is 0.271 e. The molecule has 2 aromatic carbocycles. The third kappa shape index (κ3) is 3.90. The van der Waals surface area contributed by atoms with Crippen molar-refractivity contribution in [3.63, 3.8) is 0 Å². The smallest absolute Gasteiger partial charge is 0.271 e. The van der Waals surface area contributed by atoms with Crippen LogP contribution in [0.15, 0.2) is 47.4 Å². The third-order valence-electron chi connectivity index (χ3n) is 3.68. The molecule has 134 valence electrons. The molecule has 0 N–H and O–H groups in total. The van der Waals surface area contributed by atoms with E-state index in [9.17, 15) is 18.5 Å². The number of hydrogen-bond donors (Lipinski definition) is 0. The van der Waals surface area contributed by atoms with Gasteiger partial charge >= 0.3 is 0 Å². The van der Waals surface area contributed by atoms with Crippen molar-refractivity contribution in [2.75, 3.05) is 17.5 Å². The molecule has 0 saturated carbocycles. The molecule has 0 spiro atoms. The zero-order valence-electron chi connectivity index (χ0n) is 14.3. The number of rotatable bonds is 7. The molecule has 0 bridgehead atoms. The number of benzene rings is 2. The number of nitrogens with zero attached hydrogens (tertiary/aromatic N) is 2. The van der Waals surface area contributed by atoms with Crippen molar-refractivity contribution < 1.29 is 18.1 Å². The first kappa shape index (κ1) is 18.7. The predicted molar refractivity (Wildman–Crippen MR) is 95.7 cm³/mol. The lowest BCUT2D eigenvalue weighted by Crippen LogP contribution is -2.31. The number of nitro benzene ring substituents is 1. The van der Waals surface area contributed by atoms with Crippen molar-refractivity contribution in [3.8, 4) is 5.75 Å². The molecule has 0 unspecified atom stereocenters. The largest absolute Gasteiger partial charge is 0.494 e. The van der Waals surface area contributed by atoms with Crippen molar-refractivity contribution >= 4 is 21.4 Å². The maximum atomic E-state index is 13.0. The molecule has 0 atom stereocenters. The first-order chi connectivity index (χ1) is 11.8. The average Bonchev–Trinajstić information content (AvgIpc) is 2.57. The maximum absolute atomic E-state index is 13.0. The Morgan fingerprint density at radius 3 is 2.28 bits per heavy atom. The molecule has 0 saturated heterocycles. The summed E-state index contributed by atoms with van der Waals surface area (Å²) in [6, 6.07) is 10.3. The summed E-state index contributed by atoms with van der Waals surface area (Å²) in [4.78, 5) is 10.6. The summed E-state index contributed by atoms with van der Waals surface area (Å²) in [6.45, 7) is 5.88. The number of aryl methyl sites for hydroxylation is 1. The van der Waals surface area contributed by atoms with Crippen molar-refractivity contribution in [1.29, 1.82) is 0 Å². The van der Waals surface area contributed by atoms with E-state index in [4.69, 9.17) is 4.74 Å². The minimum absolute atomic E-state index is 0.101. The molecule has 0 aliphatic rings. The fraction of sp³-hybridized carbons (Fsp3) is 0.294. The lowest BCUT2D eigenvalue weighted by atomic mass is 10.2. The van der Waals surface area contributed by atoms with Crippen LogP contribution in [0.1, 0.15) is 19.4 Å². The van der Waals surface area contributed by atoms with Crippen LogP contribution in [-0.2, 0) is 10.0 Å². The first-order valence-electron chi connectivity index (χ1n) is 7.82. The lowest BCUT2D eigenvalue weighted by molar-refractivity contribution is -0.384. The normalized spacial score (nSPS) is 11.2. The van der Waals surface area contributed by atoms with Crippen molar-refractivity contribution in [2.24, 2.45) is 0 Å². The highest BCUT2D eigenvalue weighted by atomic mass is 32.2. The Labute approximate surface area is 147 Å². The Balaban J connectivity index is 2.48. The van der Waals surface area contributed by atoms with Gasteiger partial charge in [-0.2, -0.15) is 0 Å². The van der Waals surface area contributed by atoms with Crippen LogP contribution in [0.2, 0.25) is 0 Å². The molecule has 0 radical (unpaired) electrons. The highest BCUT2D eigenvalue weighted by molar-refractivity contribution is 7.92. The van der Waals surface area contributed by atoms with Crippen LogP contribution in [0.4, 0.5) is 11.4 Å². The van der Waals surface area contributed by atoms with Gasteiger partial charge in [-0.3, -0.25) is 14.4 Å². The van der Waals surface area contributed by atoms with Crippen molar-refractivity contribution in [2.45, 2.75) is 25.7 Å². The van der Waals surface area contributed by atoms with E-state index in [2.05, 4.69) is 0 Å². The van der Waals surface area contributed by atoms with Crippen LogP contribution in [0.25, 0.3) is 0 Å². The summed E-state index contributed by atoms with van der Waals surface area (Å²) < 4.78 is 32.5. The van der Waals surface area contributed by atoms with Crippen LogP contribution in [0.3, 0.4) is 0 Å². The molecular weight excluding hydrogens is 344 g/mol. The molecule has 0 aliphatic carbocycles. The van der Waals surface area contributed by atoms with Gasteiger partial charge in [-0.05, 0) is 50.6 Å². The van der Waals surface area contributed by atoms with Gasteiger partial charge in [-0.15, -0.1) is 0 Å². The third-order valence-corrected chi connectivity index (χ3v) is 5.59. The van der Waals surface area contributed by atoms with E-state index in [1.165, 1.54) is 28.6 Å². The average molecular weight is 364 g/mol. The van der Waals surface area contributed by atoms with Crippen LogP contribution in [-0.4, -0.2) is 26.5 Å². The van der Waals surface area contributed by atoms with Crippen LogP contribution in [0.5, 0.6) is 5.75 Å². The quantitative estimate of drug-likeness (QED) is 0.554. The standard InChI is InChI=1S/C17H20N2O5S/c1-4-18(17-12-14(19(20)21)7-6-13(17)3)25(22,23)16-10-8-15(9-11-16)24-5-2/h6-12H,4-5H2,1-3H3. The number of ether oxygens (including phenoxy) is 1. The SMILES string of the molecule is CCOc1ccc(S(=O)(=O)N(CC)c2cc([N+](=O)[O-])ccc2C)cc1. The van der Waals surface area contributed by atoms with E-state index in [1.54, 1.807) is 32.0 Å². The second-order valence-corrected chi connectivity index (χ2v) is 7.16. The Morgan fingerprint density at radius 1 is 1.12 bits per heavy atom. The first-order valence-corrected chi connectivity index (χ1v) is 9.26. The van der Waals surface area contributed by atoms with E-state index in [0.717, 1.165) is 0 Å². The number of sulfonamides is 1. The summed E-state index contributed by atoms with van der Waals surface area (Å²) in [5.74, 6) is 0.580. The molecule has 0 amide bonds. The van der Waals surface area contributed by atoms with Crippen molar-refractivity contribution in [3.05, 3.63) is 58.1 Å². The highest BCUT2D eigenvalue weighted by Gasteiger charge is 2.26. The Bertz CT molecular complexity index is 863. The topological polar surface area (TPSA) is 89.8 Å². The van der Waals surface area contributed by atoms with Gasteiger partial charge in [0.15, 0.2) is 0 Å². The van der Waals surface area contributed by atoms with E-state index in [1.807, 2.05) is 6.92 Å². The zero-order valence-corrected chi connectivity index (χ0v) is 15.1. The molecule has 0 heterocycles. The molecule has 7 nitrogen and oxygen atoms in total. The summed E-state index contributed by atoms with van der Waals surface area (Å²) in [6.07, 6.45) is 0. The molecule has 0 aliphatic heterocycles. The number of non-ortho nitro benzene ring substituents is 1. The van der Waals surface area contributed by atoms with Gasteiger partial charge in [-0.25, -0.2) is 8.42 Å². The van der Waals surface area contributed by atoms with Gasteiger partial charge in [0.25, 0.3) is 15.7 Å². The Kier molecular flexibility index (Phi) is 5.63. The van der Waals surface area contributed by atoms with Gasteiger partial charge in [0.1, 0.15) is 5.75 Å². The molecule has 2 rings (SSSR count). The fourth-order valence-electron chi connectivity index (χ4n) is 2.45. The van der Waals surface area contributed by atoms with Gasteiger partial charge in [0, 0.05) is 18.7 Å². The van der Waals surface area contributed by atoms with E-state index >= 15 is 0 Å². The number of anilines is 1. The predicted octanol–water partition coefficient (Wildman–Crippen LogP) is 3.52. The van der Waals surface area contributed by atoms with Crippen molar-refractivity contribution in [1.82, 2.24) is 0 Å². The summed E-state index contributed by atoms with van der Waals surface area (Å²) >= 11 is 0. The van der Waals surface area contributed by atoms with Crippen LogP contribution >= 0.6 is 0 Å². The van der Waals surface area contributed by atoms with E-state index in [0.29, 0.717) is 23.6 Å². The van der Waals surface area contributed by atoms with Gasteiger partial charge in [-0.1, -0.05) is 6.07 Å². The Morgan fingerprint density at radius 2 is 1.76 bits per heavy atom. The van der Waals surface area contributed by atoms with Gasteiger partial charge in [0.2, 0.25) is 0 Å². The second-order valence-electron chi connectivity index (χ2n) is 5.30. The fourth-order valence-corrected chi connectivity index (χ4v) is 3.98. The molecule has 2 aromatic rings. The lowest BCUT2D eigenvalue weighted by Gasteiger charge is -2.24. The van der Waals surface area contributed by atoms with Crippen LogP contribution in [0, 0.1) is 17.0 Å². The number of nitro groups is 1. The van der Waals surface area contributed by atoms with Gasteiger partial charge < -0.3 is 4.74 Å². The Hall–Kier alpha value is -2.61. The molecule has 0 fully saturated rings. The zero-order chi connectivity index (χ0) is 18.6. The summed E-state index contributed by atoms with van der Waals surface area (Å²) in [5.41, 5.74) is 0.786. The molecular formula is C17H20N2O5S. The number of hydrogen-bond acceptors (Lipinski definition) is 5. The molecule has 25 heavy (non-hydrogen) atoms. The molecule has 0 aromatic heterocycles. The summed E-state index contributed by atoms with van der Waals surface area (Å²) in [5, 5.41) is 11.0. The molecule has 8 heteroatoms. The van der Waals surface area contributed by atoms with E-state index < -0.39 is 14.9 Å². The minimum atomic E-state index is -3.85. The summed E-state index contributed by atoms with van der Waals surface area (Å²) in [7, 11) is -3.85. The second kappa shape index (κ2) is 7.52. The highest BCUT2D eigenvalue weighted by Crippen LogP contribution is 2.30.